The van der Waals surface area contributed by atoms with E-state index in [4.69, 9.17) is 20.4 Å². The van der Waals surface area contributed by atoms with Gasteiger partial charge in [0, 0.05) is 0 Å². The van der Waals surface area contributed by atoms with Crippen LogP contribution in [0.5, 0.6) is 0 Å². The molecule has 1 atom stereocenters. The summed E-state index contributed by atoms with van der Waals surface area (Å²) in [6.45, 7) is 4.44. The Balaban J connectivity index is 0. The summed E-state index contributed by atoms with van der Waals surface area (Å²) >= 11 is 0. The Bertz CT molecular complexity index is 362. The van der Waals surface area contributed by atoms with Crippen molar-refractivity contribution in [2.75, 3.05) is 6.61 Å². The van der Waals surface area contributed by atoms with Crippen LogP contribution in [0.4, 0.5) is 0 Å². The molecule has 0 saturated heterocycles. The molecule has 0 saturated carbocycles. The maximum atomic E-state index is 9.17. The number of unbranched alkanes of at least 4 members (excludes halogenated alkanes) is 23. The molecule has 0 amide bonds. The third kappa shape index (κ3) is 38.4. The van der Waals surface area contributed by atoms with Crippen LogP contribution in [0, 0.1) is 0 Å². The van der Waals surface area contributed by atoms with Gasteiger partial charge in [0.25, 0.3) is 0 Å². The topological polar surface area (TPSA) is 80.9 Å². The summed E-state index contributed by atoms with van der Waals surface area (Å²) in [5.74, 6) is 0. The molecule has 0 bridgehead atoms. The van der Waals surface area contributed by atoms with E-state index < -0.39 is 12.4 Å². The molecular weight excluding hydrogens is 448 g/mol. The first-order valence-corrected chi connectivity index (χ1v) is 16.2. The zero-order valence-electron chi connectivity index (χ0n) is 24.7. The van der Waals surface area contributed by atoms with E-state index in [1.54, 1.807) is 0 Å². The predicted octanol–water partition coefficient (Wildman–Crippen LogP) is 9.21. The lowest BCUT2D eigenvalue weighted by molar-refractivity contribution is -0.0466. The molecule has 0 aliphatic carbocycles. The van der Waals surface area contributed by atoms with Gasteiger partial charge in [0.1, 0.15) is 0 Å². The fraction of sp³-hybridized carbons (Fsp3) is 1.00. The molecule has 0 heterocycles. The van der Waals surface area contributed by atoms with Crippen molar-refractivity contribution in [3.8, 4) is 0 Å². The van der Waals surface area contributed by atoms with Crippen LogP contribution in [0.1, 0.15) is 187 Å². The second kappa shape index (κ2) is 34.8. The number of rotatable bonds is 28. The Hall–Kier alpha value is -0.160. The molecule has 0 aromatic carbocycles. The zero-order valence-corrected chi connectivity index (χ0v) is 24.7. The minimum atomic E-state index is -1.10. The van der Waals surface area contributed by atoms with Crippen molar-refractivity contribution in [1.29, 1.82) is 0 Å². The van der Waals surface area contributed by atoms with Crippen LogP contribution >= 0.6 is 0 Å². The molecule has 0 spiro atoms. The molecule has 220 valence electrons. The van der Waals surface area contributed by atoms with Gasteiger partial charge in [-0.1, -0.05) is 168 Å². The second-order valence-electron chi connectivity index (χ2n) is 11.0. The maximum Gasteiger partial charge on any atom is 0.151 e. The standard InChI is InChI=1S/2C16H34O2/c1-2-3-4-5-6-7-8-9-10-11-12-13-14-16(18)15-17;1-2-3-4-5-6-7-8-9-10-11-12-13-14-15-16(17)18/h2*16-18H,2-15H2,1H3. The highest BCUT2D eigenvalue weighted by molar-refractivity contribution is 4.54. The largest absolute Gasteiger partial charge is 0.394 e. The van der Waals surface area contributed by atoms with E-state index >= 15 is 0 Å². The van der Waals surface area contributed by atoms with Gasteiger partial charge in [-0.25, -0.2) is 0 Å². The summed E-state index contributed by atoms with van der Waals surface area (Å²) < 4.78 is 0. The first-order valence-electron chi connectivity index (χ1n) is 16.2. The van der Waals surface area contributed by atoms with Crippen LogP contribution in [0.3, 0.4) is 0 Å². The molecule has 36 heavy (non-hydrogen) atoms. The Morgan fingerprint density at radius 1 is 0.361 bits per heavy atom. The summed E-state index contributed by atoms with van der Waals surface area (Å²) in [4.78, 5) is 0. The van der Waals surface area contributed by atoms with Gasteiger partial charge in [-0.05, 0) is 19.3 Å². The minimum absolute atomic E-state index is 0.0853. The van der Waals surface area contributed by atoms with Crippen molar-refractivity contribution in [2.45, 2.75) is 200 Å². The van der Waals surface area contributed by atoms with Gasteiger partial charge in [0.15, 0.2) is 6.29 Å². The van der Waals surface area contributed by atoms with Gasteiger partial charge in [-0.2, -0.15) is 0 Å². The molecule has 0 rings (SSSR count). The van der Waals surface area contributed by atoms with E-state index in [9.17, 15) is 0 Å². The summed E-state index contributed by atoms with van der Waals surface area (Å²) in [5.41, 5.74) is 0. The van der Waals surface area contributed by atoms with E-state index in [0.29, 0.717) is 6.42 Å². The molecular formula is C32H68O4. The number of hydrogen-bond donors (Lipinski definition) is 4. The molecule has 4 N–H and O–H groups in total. The van der Waals surface area contributed by atoms with Crippen LogP contribution < -0.4 is 0 Å². The van der Waals surface area contributed by atoms with Crippen LogP contribution in [-0.4, -0.2) is 39.4 Å². The highest BCUT2D eigenvalue weighted by Crippen LogP contribution is 2.14. The van der Waals surface area contributed by atoms with Crippen LogP contribution in [0.15, 0.2) is 0 Å². The van der Waals surface area contributed by atoms with Crippen molar-refractivity contribution < 1.29 is 20.4 Å². The van der Waals surface area contributed by atoms with Gasteiger partial charge in [-0.15, -0.1) is 0 Å². The fourth-order valence-electron chi connectivity index (χ4n) is 4.66. The van der Waals surface area contributed by atoms with Crippen molar-refractivity contribution in [3.05, 3.63) is 0 Å². The van der Waals surface area contributed by atoms with Crippen molar-refractivity contribution in [1.82, 2.24) is 0 Å². The lowest BCUT2D eigenvalue weighted by atomic mass is 10.0. The zero-order chi connectivity index (χ0) is 27.0. The Morgan fingerprint density at radius 3 is 0.861 bits per heavy atom. The summed E-state index contributed by atoms with van der Waals surface area (Å²) in [6, 6.07) is 0. The van der Waals surface area contributed by atoms with Crippen molar-refractivity contribution in [3.63, 3.8) is 0 Å². The molecule has 0 radical (unpaired) electrons. The average Bonchev–Trinajstić information content (AvgIpc) is 2.87. The minimum Gasteiger partial charge on any atom is -0.394 e. The van der Waals surface area contributed by atoms with E-state index in [1.165, 1.54) is 141 Å². The summed E-state index contributed by atoms with van der Waals surface area (Å²) in [5, 5.41) is 35.2. The Labute approximate surface area is 226 Å². The van der Waals surface area contributed by atoms with Gasteiger partial charge < -0.3 is 20.4 Å². The van der Waals surface area contributed by atoms with Crippen LogP contribution in [-0.2, 0) is 0 Å². The third-order valence-electron chi connectivity index (χ3n) is 7.17. The van der Waals surface area contributed by atoms with Gasteiger partial charge >= 0.3 is 0 Å². The molecule has 4 nitrogen and oxygen atoms in total. The van der Waals surface area contributed by atoms with Crippen molar-refractivity contribution in [2.24, 2.45) is 0 Å². The number of aliphatic hydroxyl groups excluding tert-OH is 3. The smallest absolute Gasteiger partial charge is 0.151 e. The van der Waals surface area contributed by atoms with Crippen LogP contribution in [0.2, 0.25) is 0 Å². The molecule has 0 aliphatic heterocycles. The van der Waals surface area contributed by atoms with E-state index in [0.717, 1.165) is 25.7 Å². The van der Waals surface area contributed by atoms with Gasteiger partial charge in [-0.3, -0.25) is 0 Å². The highest BCUT2D eigenvalue weighted by Gasteiger charge is 2.00. The normalized spacial score (nSPS) is 12.1. The molecule has 1 unspecified atom stereocenters. The first-order chi connectivity index (χ1) is 17.6. The summed E-state index contributed by atoms with van der Waals surface area (Å²) in [7, 11) is 0. The Kier molecular flexibility index (Phi) is 36.8. The first kappa shape index (κ1) is 38.0. The molecule has 0 fully saturated rings. The fourth-order valence-corrected chi connectivity index (χ4v) is 4.66. The van der Waals surface area contributed by atoms with Gasteiger partial charge in [0.2, 0.25) is 0 Å². The average molecular weight is 517 g/mol. The predicted molar refractivity (Wildman–Crippen MR) is 157 cm³/mol. The van der Waals surface area contributed by atoms with E-state index in [2.05, 4.69) is 13.8 Å². The number of aliphatic hydroxyl groups is 4. The molecule has 0 aromatic heterocycles. The van der Waals surface area contributed by atoms with Gasteiger partial charge in [0.05, 0.1) is 12.7 Å². The Morgan fingerprint density at radius 2 is 0.611 bits per heavy atom. The highest BCUT2D eigenvalue weighted by atomic mass is 16.5. The van der Waals surface area contributed by atoms with E-state index in [1.807, 2.05) is 0 Å². The lowest BCUT2D eigenvalue weighted by Gasteiger charge is -2.06. The third-order valence-corrected chi connectivity index (χ3v) is 7.17. The van der Waals surface area contributed by atoms with Crippen LogP contribution in [0.25, 0.3) is 0 Å². The van der Waals surface area contributed by atoms with E-state index in [-0.39, 0.29) is 6.61 Å². The van der Waals surface area contributed by atoms with Crippen molar-refractivity contribution >= 4 is 0 Å². The number of hydrogen-bond acceptors (Lipinski definition) is 4. The monoisotopic (exact) mass is 517 g/mol. The molecule has 4 heteroatoms. The quantitative estimate of drug-likeness (QED) is 0.0617. The SMILES string of the molecule is CCCCCCCCCCCCCCC(O)CO.CCCCCCCCCCCCCCCC(O)O. The maximum absolute atomic E-state index is 9.17. The molecule has 0 aromatic rings. The second-order valence-corrected chi connectivity index (χ2v) is 11.0. The summed E-state index contributed by atoms with van der Waals surface area (Å²) in [6.07, 6.45) is 33.0. The lowest BCUT2D eigenvalue weighted by Crippen LogP contribution is -2.10. The molecule has 0 aliphatic rings.